The Morgan fingerprint density at radius 1 is 0.886 bits per heavy atom. The summed E-state index contributed by atoms with van der Waals surface area (Å²) >= 11 is 0. The lowest BCUT2D eigenvalue weighted by Gasteiger charge is -2.43. The van der Waals surface area contributed by atoms with Gasteiger partial charge in [0, 0.05) is 19.7 Å². The second kappa shape index (κ2) is 11.9. The lowest BCUT2D eigenvalue weighted by atomic mass is 9.99. The first-order valence-electron chi connectivity index (χ1n) is 13.6. The van der Waals surface area contributed by atoms with Crippen LogP contribution in [0, 0.1) is 0 Å². The quantitative estimate of drug-likeness (QED) is 0.469. The number of carbonyl (C=O) groups excluding carboxylic acids is 1. The van der Waals surface area contributed by atoms with Gasteiger partial charge in [-0.2, -0.15) is 0 Å². The van der Waals surface area contributed by atoms with E-state index >= 15 is 0 Å². The molecule has 2 aliphatic rings. The molecule has 2 aromatic carbocycles. The second-order valence-corrected chi connectivity index (χ2v) is 15.6. The van der Waals surface area contributed by atoms with Gasteiger partial charge in [-0.1, -0.05) is 81.4 Å². The van der Waals surface area contributed by atoms with Gasteiger partial charge in [0.25, 0.3) is 8.32 Å². The standard InChI is InChI=1S/C30H43NO3Si/c1-30(2,3)35(27-16-7-4-8-17-27,28-18-9-5-10-19-28)33-23-20-25-14-13-15-26(34-25)24-29(32)31-21-11-6-12-22-31/h4-5,7-10,16-19,25-26H,6,11-15,20-24H2,1-3H3/t25-,26+/m0/s1. The lowest BCUT2D eigenvalue weighted by molar-refractivity contribution is -0.138. The number of rotatable bonds is 8. The Bertz CT molecular complexity index is 882. The van der Waals surface area contributed by atoms with E-state index in [0.717, 1.165) is 51.6 Å². The number of hydrogen-bond donors (Lipinski definition) is 0. The highest BCUT2D eigenvalue weighted by molar-refractivity contribution is 6.99. The molecule has 2 fully saturated rings. The van der Waals surface area contributed by atoms with E-state index in [9.17, 15) is 4.79 Å². The van der Waals surface area contributed by atoms with E-state index in [0.29, 0.717) is 13.0 Å². The van der Waals surface area contributed by atoms with Crippen LogP contribution in [0.25, 0.3) is 0 Å². The average Bonchev–Trinajstić information content (AvgIpc) is 2.88. The smallest absolute Gasteiger partial charge is 0.261 e. The predicted molar refractivity (Wildman–Crippen MR) is 146 cm³/mol. The zero-order chi connectivity index (χ0) is 24.7. The van der Waals surface area contributed by atoms with E-state index in [1.165, 1.54) is 16.8 Å². The van der Waals surface area contributed by atoms with Crippen molar-refractivity contribution >= 4 is 24.6 Å². The van der Waals surface area contributed by atoms with E-state index in [1.54, 1.807) is 0 Å². The fourth-order valence-corrected chi connectivity index (χ4v) is 10.5. The third kappa shape index (κ3) is 6.25. The largest absolute Gasteiger partial charge is 0.407 e. The fraction of sp³-hybridized carbons (Fsp3) is 0.567. The van der Waals surface area contributed by atoms with Crippen molar-refractivity contribution in [1.29, 1.82) is 0 Å². The van der Waals surface area contributed by atoms with Crippen molar-refractivity contribution in [3.05, 3.63) is 60.7 Å². The average molecular weight is 494 g/mol. The van der Waals surface area contributed by atoms with E-state index < -0.39 is 8.32 Å². The number of carbonyl (C=O) groups is 1. The number of amides is 1. The second-order valence-electron chi connectivity index (χ2n) is 11.3. The summed E-state index contributed by atoms with van der Waals surface area (Å²) in [5, 5.41) is 2.61. The first-order valence-corrected chi connectivity index (χ1v) is 15.5. The molecule has 0 bridgehead atoms. The maximum absolute atomic E-state index is 12.8. The Morgan fingerprint density at radius 2 is 1.46 bits per heavy atom. The minimum atomic E-state index is -2.52. The fourth-order valence-electron chi connectivity index (χ4n) is 5.92. The zero-order valence-corrected chi connectivity index (χ0v) is 22.9. The van der Waals surface area contributed by atoms with Crippen molar-refractivity contribution in [2.75, 3.05) is 19.7 Å². The van der Waals surface area contributed by atoms with Crippen LogP contribution in [0.2, 0.25) is 5.04 Å². The van der Waals surface area contributed by atoms with E-state index in [2.05, 4.69) is 81.4 Å². The molecule has 2 saturated heterocycles. The van der Waals surface area contributed by atoms with E-state index in [-0.39, 0.29) is 23.2 Å². The Morgan fingerprint density at radius 3 is 2.03 bits per heavy atom. The Balaban J connectivity index is 1.42. The van der Waals surface area contributed by atoms with Crippen molar-refractivity contribution < 1.29 is 14.0 Å². The van der Waals surface area contributed by atoms with Gasteiger partial charge in [0.05, 0.1) is 18.6 Å². The highest BCUT2D eigenvalue weighted by Crippen LogP contribution is 2.37. The molecule has 0 unspecified atom stereocenters. The summed E-state index contributed by atoms with van der Waals surface area (Å²) in [6.45, 7) is 9.46. The summed E-state index contributed by atoms with van der Waals surface area (Å²) in [7, 11) is -2.52. The summed E-state index contributed by atoms with van der Waals surface area (Å²) in [6.07, 6.45) is 8.32. The van der Waals surface area contributed by atoms with Gasteiger partial charge in [0.1, 0.15) is 0 Å². The molecule has 2 aliphatic heterocycles. The SMILES string of the molecule is CC(C)(C)[Si](OCC[C@@H]1CCC[C@H](CC(=O)N2CCCCC2)O1)(c1ccccc1)c1ccccc1. The molecule has 0 saturated carbocycles. The topological polar surface area (TPSA) is 38.8 Å². The van der Waals surface area contributed by atoms with Gasteiger partial charge in [0.2, 0.25) is 5.91 Å². The number of benzene rings is 2. The van der Waals surface area contributed by atoms with Crippen molar-refractivity contribution in [2.24, 2.45) is 0 Å². The van der Waals surface area contributed by atoms with Gasteiger partial charge >= 0.3 is 0 Å². The van der Waals surface area contributed by atoms with Crippen LogP contribution in [-0.2, 0) is 14.0 Å². The third-order valence-corrected chi connectivity index (χ3v) is 12.8. The summed E-state index contributed by atoms with van der Waals surface area (Å²) in [5.74, 6) is 0.277. The monoisotopic (exact) mass is 493 g/mol. The molecule has 1 amide bonds. The minimum absolute atomic E-state index is 0.0213. The summed E-state index contributed by atoms with van der Waals surface area (Å²) < 4.78 is 13.5. The predicted octanol–water partition coefficient (Wildman–Crippen LogP) is 5.29. The van der Waals surface area contributed by atoms with Crippen LogP contribution >= 0.6 is 0 Å². The maximum atomic E-state index is 12.8. The molecule has 2 aromatic rings. The molecular weight excluding hydrogens is 450 g/mol. The van der Waals surface area contributed by atoms with Gasteiger partial charge in [0.15, 0.2) is 0 Å². The van der Waals surface area contributed by atoms with Gasteiger partial charge in [-0.25, -0.2) is 0 Å². The van der Waals surface area contributed by atoms with Crippen molar-refractivity contribution in [1.82, 2.24) is 4.90 Å². The number of nitrogens with zero attached hydrogens (tertiary/aromatic N) is 1. The number of likely N-dealkylation sites (tertiary alicyclic amines) is 1. The summed E-state index contributed by atoms with van der Waals surface area (Å²) in [4.78, 5) is 14.8. The molecule has 0 spiro atoms. The molecule has 2 atom stereocenters. The van der Waals surface area contributed by atoms with Crippen LogP contribution < -0.4 is 10.4 Å². The Labute approximate surface area is 213 Å². The van der Waals surface area contributed by atoms with Crippen molar-refractivity contribution in [3.63, 3.8) is 0 Å². The zero-order valence-electron chi connectivity index (χ0n) is 21.9. The maximum Gasteiger partial charge on any atom is 0.261 e. The van der Waals surface area contributed by atoms with E-state index in [4.69, 9.17) is 9.16 Å². The van der Waals surface area contributed by atoms with Crippen LogP contribution in [0.1, 0.15) is 72.1 Å². The van der Waals surface area contributed by atoms with Crippen LogP contribution in [-0.4, -0.2) is 51.0 Å². The molecule has 5 heteroatoms. The summed E-state index contributed by atoms with van der Waals surface area (Å²) in [5.41, 5.74) is 0. The normalized spacial score (nSPS) is 21.6. The first-order chi connectivity index (χ1) is 16.9. The molecule has 2 heterocycles. The van der Waals surface area contributed by atoms with Crippen molar-refractivity contribution in [2.45, 2.75) is 89.4 Å². The summed E-state index contributed by atoms with van der Waals surface area (Å²) in [6, 6.07) is 21.6. The van der Waals surface area contributed by atoms with Gasteiger partial charge in [-0.3, -0.25) is 4.79 Å². The molecule has 0 radical (unpaired) electrons. The molecule has 4 rings (SSSR count). The van der Waals surface area contributed by atoms with E-state index in [1.807, 2.05) is 4.90 Å². The van der Waals surface area contributed by atoms with Crippen LogP contribution in [0.4, 0.5) is 0 Å². The molecule has 35 heavy (non-hydrogen) atoms. The molecule has 0 N–H and O–H groups in total. The third-order valence-electron chi connectivity index (χ3n) is 7.72. The van der Waals surface area contributed by atoms with Crippen LogP contribution in [0.15, 0.2) is 60.7 Å². The molecule has 190 valence electrons. The molecular formula is C30H43NO3Si. The molecule has 0 aliphatic carbocycles. The van der Waals surface area contributed by atoms with Gasteiger partial charge in [-0.15, -0.1) is 0 Å². The van der Waals surface area contributed by atoms with Crippen LogP contribution in [0.3, 0.4) is 0 Å². The molecule has 4 nitrogen and oxygen atoms in total. The van der Waals surface area contributed by atoms with Gasteiger partial charge in [-0.05, 0) is 60.4 Å². The number of ether oxygens (including phenoxy) is 1. The minimum Gasteiger partial charge on any atom is -0.407 e. The lowest BCUT2D eigenvalue weighted by Crippen LogP contribution is -2.66. The number of hydrogen-bond acceptors (Lipinski definition) is 3. The number of piperidine rings is 1. The first kappa shape index (κ1) is 26.1. The Kier molecular flexibility index (Phi) is 8.85. The van der Waals surface area contributed by atoms with Crippen molar-refractivity contribution in [3.8, 4) is 0 Å². The molecule has 0 aromatic heterocycles. The highest BCUT2D eigenvalue weighted by atomic mass is 28.4. The highest BCUT2D eigenvalue weighted by Gasteiger charge is 2.50. The van der Waals surface area contributed by atoms with Crippen LogP contribution in [0.5, 0.6) is 0 Å². The van der Waals surface area contributed by atoms with Gasteiger partial charge < -0.3 is 14.1 Å². The Hall–Kier alpha value is -1.95.